The maximum atomic E-state index is 12.5. The minimum absolute atomic E-state index is 0.0276. The molecule has 6 nitrogen and oxygen atoms in total. The zero-order chi connectivity index (χ0) is 17.3. The molecule has 2 atom stereocenters. The van der Waals surface area contributed by atoms with E-state index in [0.29, 0.717) is 37.5 Å². The molecule has 7 heteroatoms. The van der Waals surface area contributed by atoms with Crippen molar-refractivity contribution in [1.29, 1.82) is 0 Å². The Morgan fingerprint density at radius 3 is 2.92 bits per heavy atom. The summed E-state index contributed by atoms with van der Waals surface area (Å²) >= 11 is 1.64. The number of carbonyl (C=O) groups is 2. The predicted octanol–water partition coefficient (Wildman–Crippen LogP) is 1.58. The third kappa shape index (κ3) is 3.95. The van der Waals surface area contributed by atoms with E-state index in [1.54, 1.807) is 28.2 Å². The highest BCUT2D eigenvalue weighted by atomic mass is 32.1. The Labute approximate surface area is 147 Å². The van der Waals surface area contributed by atoms with E-state index in [0.717, 1.165) is 23.5 Å². The average Bonchev–Trinajstić information content (AvgIpc) is 3.12. The number of aromatic nitrogens is 1. The first kappa shape index (κ1) is 17.4. The Hall–Kier alpha value is -1.47. The number of likely N-dealkylation sites (N-methyl/N-ethyl adjacent to an activating group) is 1. The molecule has 132 valence electrons. The maximum Gasteiger partial charge on any atom is 0.242 e. The van der Waals surface area contributed by atoms with Crippen LogP contribution in [0.2, 0.25) is 0 Å². The number of likely N-dealkylation sites (tertiary alicyclic amines) is 1. The second kappa shape index (κ2) is 7.19. The molecule has 1 aromatic rings. The second-order valence-corrected chi connectivity index (χ2v) is 8.09. The van der Waals surface area contributed by atoms with E-state index >= 15 is 0 Å². The Kier molecular flexibility index (Phi) is 5.20. The van der Waals surface area contributed by atoms with Gasteiger partial charge < -0.3 is 15.1 Å². The highest BCUT2D eigenvalue weighted by Gasteiger charge is 2.34. The summed E-state index contributed by atoms with van der Waals surface area (Å²) in [6.45, 7) is 5.53. The lowest BCUT2D eigenvalue weighted by molar-refractivity contribution is -0.140. The number of carbonyl (C=O) groups excluding carboxylic acids is 2. The molecule has 2 aliphatic heterocycles. The highest BCUT2D eigenvalue weighted by Crippen LogP contribution is 2.22. The third-order valence-corrected chi connectivity index (χ3v) is 5.96. The molecule has 2 aliphatic rings. The summed E-state index contributed by atoms with van der Waals surface area (Å²) in [5, 5.41) is 6.58. The molecule has 0 aliphatic carbocycles. The van der Waals surface area contributed by atoms with Crippen molar-refractivity contribution in [1.82, 2.24) is 20.1 Å². The van der Waals surface area contributed by atoms with Crippen molar-refractivity contribution < 1.29 is 9.59 Å². The van der Waals surface area contributed by atoms with Crippen molar-refractivity contribution in [2.45, 2.75) is 57.7 Å². The Morgan fingerprint density at radius 1 is 1.46 bits per heavy atom. The van der Waals surface area contributed by atoms with Gasteiger partial charge in [-0.3, -0.25) is 9.59 Å². The molecule has 2 saturated heterocycles. The van der Waals surface area contributed by atoms with Crippen LogP contribution in [0.25, 0.3) is 0 Å². The number of hydrogen-bond donors (Lipinski definition) is 1. The van der Waals surface area contributed by atoms with Gasteiger partial charge in [0.05, 0.1) is 23.8 Å². The predicted molar refractivity (Wildman–Crippen MR) is 93.8 cm³/mol. The summed E-state index contributed by atoms with van der Waals surface area (Å²) in [5.41, 5.74) is 0.919. The van der Waals surface area contributed by atoms with E-state index in [1.165, 1.54) is 0 Å². The normalized spacial score (nSPS) is 23.7. The third-order valence-electron chi connectivity index (χ3n) is 4.76. The standard InChI is InChI=1S/C17H26N4O2S/c1-11(2)17-19-14(10-24-17)7-20(3)16(23)9-21-8-13-5-4-12(18-13)6-15(21)22/h10-13,18H,4-9H2,1-3H3. The van der Waals surface area contributed by atoms with Gasteiger partial charge in [-0.2, -0.15) is 0 Å². The fraction of sp³-hybridized carbons (Fsp3) is 0.706. The monoisotopic (exact) mass is 350 g/mol. The van der Waals surface area contributed by atoms with Gasteiger partial charge in [0.15, 0.2) is 0 Å². The lowest BCUT2D eigenvalue weighted by Gasteiger charge is -2.26. The van der Waals surface area contributed by atoms with E-state index < -0.39 is 0 Å². The van der Waals surface area contributed by atoms with Crippen LogP contribution in [0.15, 0.2) is 5.38 Å². The van der Waals surface area contributed by atoms with Gasteiger partial charge in [0.25, 0.3) is 0 Å². The van der Waals surface area contributed by atoms with E-state index in [1.807, 2.05) is 5.38 Å². The summed E-state index contributed by atoms with van der Waals surface area (Å²) in [6.07, 6.45) is 2.67. The number of nitrogens with zero attached hydrogens (tertiary/aromatic N) is 3. The van der Waals surface area contributed by atoms with Gasteiger partial charge in [0.1, 0.15) is 0 Å². The average molecular weight is 350 g/mol. The first-order valence-corrected chi connectivity index (χ1v) is 9.52. The van der Waals surface area contributed by atoms with Gasteiger partial charge in [-0.05, 0) is 12.8 Å². The lowest BCUT2D eigenvalue weighted by atomic mass is 10.1. The quantitative estimate of drug-likeness (QED) is 0.876. The SMILES string of the molecule is CC(C)c1nc(CN(C)C(=O)CN2CC3CCC(CC2=O)N3)cs1. The van der Waals surface area contributed by atoms with Crippen LogP contribution in [0.3, 0.4) is 0 Å². The zero-order valence-electron chi connectivity index (χ0n) is 14.6. The van der Waals surface area contributed by atoms with Gasteiger partial charge in [-0.1, -0.05) is 13.8 Å². The minimum atomic E-state index is -0.0276. The van der Waals surface area contributed by atoms with E-state index in [4.69, 9.17) is 0 Å². The van der Waals surface area contributed by atoms with Crippen molar-refractivity contribution in [2.75, 3.05) is 20.1 Å². The van der Waals surface area contributed by atoms with Gasteiger partial charge in [-0.25, -0.2) is 4.98 Å². The first-order chi connectivity index (χ1) is 11.4. The van der Waals surface area contributed by atoms with Gasteiger partial charge in [0, 0.05) is 43.4 Å². The van der Waals surface area contributed by atoms with Crippen molar-refractivity contribution in [2.24, 2.45) is 0 Å². The maximum absolute atomic E-state index is 12.5. The Balaban J connectivity index is 1.56. The van der Waals surface area contributed by atoms with E-state index in [-0.39, 0.29) is 18.4 Å². The molecule has 3 rings (SSSR count). The number of amides is 2. The molecule has 0 saturated carbocycles. The van der Waals surface area contributed by atoms with Crippen LogP contribution in [0.4, 0.5) is 0 Å². The Bertz CT molecular complexity index is 615. The molecule has 2 fully saturated rings. The molecule has 2 bridgehead atoms. The zero-order valence-corrected chi connectivity index (χ0v) is 15.4. The summed E-state index contributed by atoms with van der Waals surface area (Å²) in [6, 6.07) is 0.636. The molecule has 1 N–H and O–H groups in total. The highest BCUT2D eigenvalue weighted by molar-refractivity contribution is 7.09. The molecule has 3 heterocycles. The second-order valence-electron chi connectivity index (χ2n) is 7.20. The molecular formula is C17H26N4O2S. The molecule has 2 unspecified atom stereocenters. The topological polar surface area (TPSA) is 65.5 Å². The lowest BCUT2D eigenvalue weighted by Crippen LogP contribution is -2.44. The number of thiazole rings is 1. The summed E-state index contributed by atoms with van der Waals surface area (Å²) in [4.78, 5) is 32.8. The molecule has 0 aromatic carbocycles. The molecule has 2 amide bonds. The van der Waals surface area contributed by atoms with Crippen LogP contribution < -0.4 is 5.32 Å². The fourth-order valence-corrected chi connectivity index (χ4v) is 4.17. The summed E-state index contributed by atoms with van der Waals surface area (Å²) in [5.74, 6) is 0.467. The fourth-order valence-electron chi connectivity index (χ4n) is 3.34. The van der Waals surface area contributed by atoms with Crippen LogP contribution in [0.1, 0.15) is 49.7 Å². The molecule has 0 spiro atoms. The van der Waals surface area contributed by atoms with E-state index in [2.05, 4.69) is 24.1 Å². The van der Waals surface area contributed by atoms with Crippen LogP contribution in [0, 0.1) is 0 Å². The van der Waals surface area contributed by atoms with Crippen LogP contribution in [-0.4, -0.2) is 58.8 Å². The van der Waals surface area contributed by atoms with Gasteiger partial charge in [-0.15, -0.1) is 11.3 Å². The van der Waals surface area contributed by atoms with Crippen LogP contribution >= 0.6 is 11.3 Å². The molecule has 0 radical (unpaired) electrons. The van der Waals surface area contributed by atoms with Crippen LogP contribution in [-0.2, 0) is 16.1 Å². The largest absolute Gasteiger partial charge is 0.338 e. The molecule has 1 aromatic heterocycles. The van der Waals surface area contributed by atoms with Crippen molar-refractivity contribution in [3.63, 3.8) is 0 Å². The first-order valence-electron chi connectivity index (χ1n) is 8.64. The van der Waals surface area contributed by atoms with E-state index in [9.17, 15) is 9.59 Å². The van der Waals surface area contributed by atoms with Crippen molar-refractivity contribution >= 4 is 23.2 Å². The number of hydrogen-bond acceptors (Lipinski definition) is 5. The number of nitrogens with one attached hydrogen (secondary N) is 1. The van der Waals surface area contributed by atoms with Gasteiger partial charge in [0.2, 0.25) is 11.8 Å². The number of fused-ring (bicyclic) bond motifs is 2. The van der Waals surface area contributed by atoms with Crippen molar-refractivity contribution in [3.8, 4) is 0 Å². The molecular weight excluding hydrogens is 324 g/mol. The summed E-state index contributed by atoms with van der Waals surface area (Å²) < 4.78 is 0. The van der Waals surface area contributed by atoms with Crippen molar-refractivity contribution in [3.05, 3.63) is 16.1 Å². The Morgan fingerprint density at radius 2 is 2.21 bits per heavy atom. The smallest absolute Gasteiger partial charge is 0.242 e. The summed E-state index contributed by atoms with van der Waals surface area (Å²) in [7, 11) is 1.78. The number of rotatable bonds is 5. The van der Waals surface area contributed by atoms with Crippen LogP contribution in [0.5, 0.6) is 0 Å². The molecule has 24 heavy (non-hydrogen) atoms. The van der Waals surface area contributed by atoms with Gasteiger partial charge >= 0.3 is 0 Å². The minimum Gasteiger partial charge on any atom is -0.338 e.